The van der Waals surface area contributed by atoms with Crippen LogP contribution >= 0.6 is 11.8 Å². The van der Waals surface area contributed by atoms with Crippen molar-refractivity contribution in [1.29, 1.82) is 0 Å². The van der Waals surface area contributed by atoms with Crippen molar-refractivity contribution in [3.05, 3.63) is 48.5 Å². The van der Waals surface area contributed by atoms with Crippen molar-refractivity contribution in [2.24, 2.45) is 0 Å². The van der Waals surface area contributed by atoms with Gasteiger partial charge in [0, 0.05) is 18.0 Å². The maximum absolute atomic E-state index is 12.0. The van der Waals surface area contributed by atoms with E-state index in [1.54, 1.807) is 36.3 Å². The van der Waals surface area contributed by atoms with Crippen molar-refractivity contribution in [3.63, 3.8) is 0 Å². The lowest BCUT2D eigenvalue weighted by Crippen LogP contribution is -2.33. The summed E-state index contributed by atoms with van der Waals surface area (Å²) >= 11 is 1.24. The van der Waals surface area contributed by atoms with Gasteiger partial charge < -0.3 is 19.7 Å². The monoisotopic (exact) mass is 358 g/mol. The minimum atomic E-state index is -0.214. The van der Waals surface area contributed by atoms with Crippen LogP contribution in [0.25, 0.3) is 0 Å². The summed E-state index contributed by atoms with van der Waals surface area (Å²) in [5, 5.41) is 2.74. The molecule has 1 saturated heterocycles. The maximum atomic E-state index is 12.0. The second kappa shape index (κ2) is 7.94. The molecule has 130 valence electrons. The summed E-state index contributed by atoms with van der Waals surface area (Å²) in [7, 11) is 1.59. The molecule has 1 heterocycles. The molecule has 0 spiro atoms. The van der Waals surface area contributed by atoms with E-state index in [0.717, 1.165) is 5.75 Å². The van der Waals surface area contributed by atoms with Crippen molar-refractivity contribution in [2.75, 3.05) is 31.3 Å². The molecule has 2 aromatic carbocycles. The molecular formula is C18H18N2O4S. The Labute approximate surface area is 150 Å². The molecule has 0 unspecified atom stereocenters. The number of nitrogens with one attached hydrogen (secondary N) is 1. The molecule has 1 aliphatic rings. The molecule has 25 heavy (non-hydrogen) atoms. The first kappa shape index (κ1) is 17.2. The third-order valence-electron chi connectivity index (χ3n) is 3.61. The Morgan fingerprint density at radius 2 is 1.88 bits per heavy atom. The number of carbonyl (C=O) groups excluding carboxylic acids is 2. The van der Waals surface area contributed by atoms with Gasteiger partial charge >= 0.3 is 0 Å². The molecular weight excluding hydrogens is 340 g/mol. The van der Waals surface area contributed by atoms with E-state index in [9.17, 15) is 9.59 Å². The van der Waals surface area contributed by atoms with Crippen LogP contribution in [0.5, 0.6) is 17.2 Å². The van der Waals surface area contributed by atoms with Crippen molar-refractivity contribution in [2.45, 2.75) is 0 Å². The van der Waals surface area contributed by atoms with E-state index in [-0.39, 0.29) is 17.7 Å². The van der Waals surface area contributed by atoms with Gasteiger partial charge in [0.1, 0.15) is 12.3 Å². The number of thioether (sulfide) groups is 1. The molecule has 0 saturated carbocycles. The molecule has 0 aliphatic carbocycles. The number of amides is 2. The standard InChI is InChI=1S/C18H18N2O4S/c1-23-15-4-2-3-5-16(15)24-14-8-6-13(7-9-14)19-17(21)12-20-10-11-25-18(20)22/h2-9H,10-12H2,1H3,(H,19,21). The molecule has 1 N–H and O–H groups in total. The Kier molecular flexibility index (Phi) is 5.45. The first-order valence-corrected chi connectivity index (χ1v) is 8.77. The van der Waals surface area contributed by atoms with Crippen LogP contribution in [0.15, 0.2) is 48.5 Å². The van der Waals surface area contributed by atoms with Crippen LogP contribution < -0.4 is 14.8 Å². The van der Waals surface area contributed by atoms with Gasteiger partial charge in [-0.05, 0) is 36.4 Å². The zero-order valence-electron chi connectivity index (χ0n) is 13.7. The number of methoxy groups -OCH3 is 1. The first-order chi connectivity index (χ1) is 12.2. The van der Waals surface area contributed by atoms with E-state index in [2.05, 4.69) is 5.32 Å². The SMILES string of the molecule is COc1ccccc1Oc1ccc(NC(=O)CN2CCSC2=O)cc1. The number of nitrogens with zero attached hydrogens (tertiary/aromatic N) is 1. The van der Waals surface area contributed by atoms with Gasteiger partial charge in [-0.3, -0.25) is 9.59 Å². The van der Waals surface area contributed by atoms with Crippen LogP contribution in [0.4, 0.5) is 10.5 Å². The van der Waals surface area contributed by atoms with Crippen molar-refractivity contribution >= 4 is 28.6 Å². The van der Waals surface area contributed by atoms with Crippen LogP contribution in [0.2, 0.25) is 0 Å². The lowest BCUT2D eigenvalue weighted by Gasteiger charge is -2.14. The zero-order valence-corrected chi connectivity index (χ0v) is 14.5. The minimum Gasteiger partial charge on any atom is -0.493 e. The quantitative estimate of drug-likeness (QED) is 0.855. The molecule has 6 nitrogen and oxygen atoms in total. The molecule has 1 aliphatic heterocycles. The molecule has 0 bridgehead atoms. The summed E-state index contributed by atoms with van der Waals surface area (Å²) in [4.78, 5) is 25.1. The van der Waals surface area contributed by atoms with Crippen molar-refractivity contribution in [1.82, 2.24) is 4.90 Å². The molecule has 0 aromatic heterocycles. The summed E-state index contributed by atoms with van der Waals surface area (Å²) in [5.74, 6) is 2.42. The maximum Gasteiger partial charge on any atom is 0.282 e. The van der Waals surface area contributed by atoms with E-state index >= 15 is 0 Å². The van der Waals surface area contributed by atoms with Gasteiger partial charge in [-0.2, -0.15) is 0 Å². The van der Waals surface area contributed by atoms with Crippen LogP contribution in [0.1, 0.15) is 0 Å². The number of ether oxygens (including phenoxy) is 2. The van der Waals surface area contributed by atoms with Crippen LogP contribution in [0, 0.1) is 0 Å². The summed E-state index contributed by atoms with van der Waals surface area (Å²) in [6.45, 7) is 0.688. The third-order valence-corrected chi connectivity index (χ3v) is 4.51. The van der Waals surface area contributed by atoms with Gasteiger partial charge in [0.25, 0.3) is 5.24 Å². The van der Waals surface area contributed by atoms with E-state index in [0.29, 0.717) is 29.5 Å². The Morgan fingerprint density at radius 1 is 1.16 bits per heavy atom. The van der Waals surface area contributed by atoms with E-state index < -0.39 is 0 Å². The number of carbonyl (C=O) groups is 2. The van der Waals surface area contributed by atoms with Gasteiger partial charge in [0.2, 0.25) is 5.91 Å². The topological polar surface area (TPSA) is 67.9 Å². The van der Waals surface area contributed by atoms with E-state index in [1.165, 1.54) is 11.8 Å². The highest BCUT2D eigenvalue weighted by Gasteiger charge is 2.23. The highest BCUT2D eigenvalue weighted by atomic mass is 32.2. The highest BCUT2D eigenvalue weighted by molar-refractivity contribution is 8.13. The minimum absolute atomic E-state index is 0.0456. The van der Waals surface area contributed by atoms with Gasteiger partial charge in [-0.15, -0.1) is 0 Å². The number of hydrogen-bond acceptors (Lipinski definition) is 5. The fourth-order valence-corrected chi connectivity index (χ4v) is 3.20. The smallest absolute Gasteiger partial charge is 0.282 e. The third kappa shape index (κ3) is 4.45. The number of benzene rings is 2. The molecule has 0 atom stereocenters. The molecule has 3 rings (SSSR count). The largest absolute Gasteiger partial charge is 0.493 e. The fraction of sp³-hybridized carbons (Fsp3) is 0.222. The van der Waals surface area contributed by atoms with Crippen LogP contribution in [0.3, 0.4) is 0 Å². The summed E-state index contributed by atoms with van der Waals surface area (Å²) < 4.78 is 11.0. The lowest BCUT2D eigenvalue weighted by molar-refractivity contribution is -0.116. The molecule has 2 aromatic rings. The number of anilines is 1. The average Bonchev–Trinajstić information content (AvgIpc) is 3.02. The Hall–Kier alpha value is -2.67. The van der Waals surface area contributed by atoms with Gasteiger partial charge in [0.05, 0.1) is 7.11 Å². The van der Waals surface area contributed by atoms with Crippen LogP contribution in [-0.2, 0) is 4.79 Å². The predicted molar refractivity (Wildman–Crippen MR) is 97.6 cm³/mol. The Morgan fingerprint density at radius 3 is 2.52 bits per heavy atom. The van der Waals surface area contributed by atoms with Crippen LogP contribution in [-0.4, -0.2) is 42.0 Å². The second-order valence-electron chi connectivity index (χ2n) is 5.36. The normalized spacial score (nSPS) is 13.6. The molecule has 7 heteroatoms. The van der Waals surface area contributed by atoms with Gasteiger partial charge in [0.15, 0.2) is 11.5 Å². The van der Waals surface area contributed by atoms with E-state index in [4.69, 9.17) is 9.47 Å². The molecule has 2 amide bonds. The van der Waals surface area contributed by atoms with Gasteiger partial charge in [-0.25, -0.2) is 0 Å². The second-order valence-corrected chi connectivity index (χ2v) is 6.41. The average molecular weight is 358 g/mol. The first-order valence-electron chi connectivity index (χ1n) is 7.78. The summed E-state index contributed by atoms with van der Waals surface area (Å²) in [5.41, 5.74) is 0.650. The van der Waals surface area contributed by atoms with Crippen molar-refractivity contribution in [3.8, 4) is 17.2 Å². The Bertz CT molecular complexity index is 764. The fourth-order valence-electron chi connectivity index (χ4n) is 2.38. The zero-order chi connectivity index (χ0) is 17.6. The Balaban J connectivity index is 1.58. The van der Waals surface area contributed by atoms with E-state index in [1.807, 2.05) is 24.3 Å². The van der Waals surface area contributed by atoms with Gasteiger partial charge in [-0.1, -0.05) is 23.9 Å². The lowest BCUT2D eigenvalue weighted by atomic mass is 10.3. The number of para-hydroxylation sites is 2. The molecule has 1 fully saturated rings. The highest BCUT2D eigenvalue weighted by Crippen LogP contribution is 2.31. The number of rotatable bonds is 6. The molecule has 0 radical (unpaired) electrons. The summed E-state index contributed by atoms with van der Waals surface area (Å²) in [6.07, 6.45) is 0. The predicted octanol–water partition coefficient (Wildman–Crippen LogP) is 3.59. The summed E-state index contributed by atoms with van der Waals surface area (Å²) in [6, 6.07) is 14.4. The van der Waals surface area contributed by atoms with Crippen molar-refractivity contribution < 1.29 is 19.1 Å². The number of hydrogen-bond donors (Lipinski definition) is 1.